The van der Waals surface area contributed by atoms with Gasteiger partial charge in [0, 0.05) is 22.1 Å². The second kappa shape index (κ2) is 4.65. The van der Waals surface area contributed by atoms with Gasteiger partial charge in [0.25, 0.3) is 0 Å². The fraction of sp³-hybridized carbons (Fsp3) is 0.375. The minimum atomic E-state index is -0.0563. The molecule has 1 aromatic heterocycles. The van der Waals surface area contributed by atoms with Crippen LogP contribution in [-0.2, 0) is 11.8 Å². The molecule has 0 spiro atoms. The SMILES string of the molecule is CCc1cccc2c(C(=N)N)cc(C(C)(C)C)nc12. The highest BCUT2D eigenvalue weighted by Gasteiger charge is 2.19. The van der Waals surface area contributed by atoms with E-state index < -0.39 is 0 Å². The molecule has 0 saturated carbocycles. The molecule has 2 rings (SSSR count). The zero-order valence-electron chi connectivity index (χ0n) is 12.0. The molecular formula is C16H21N3. The number of nitrogens with two attached hydrogens (primary N) is 1. The maximum Gasteiger partial charge on any atom is 0.123 e. The Kier molecular flexibility index (Phi) is 3.31. The summed E-state index contributed by atoms with van der Waals surface area (Å²) < 4.78 is 0. The van der Waals surface area contributed by atoms with Crippen LogP contribution in [0.15, 0.2) is 24.3 Å². The van der Waals surface area contributed by atoms with Gasteiger partial charge in [-0.3, -0.25) is 10.4 Å². The maximum absolute atomic E-state index is 7.80. The number of hydrogen-bond donors (Lipinski definition) is 2. The molecule has 0 unspecified atom stereocenters. The van der Waals surface area contributed by atoms with E-state index in [0.29, 0.717) is 0 Å². The summed E-state index contributed by atoms with van der Waals surface area (Å²) in [5, 5.41) is 8.77. The molecule has 2 aromatic rings. The van der Waals surface area contributed by atoms with Crippen LogP contribution in [0.1, 0.15) is 44.5 Å². The van der Waals surface area contributed by atoms with E-state index in [-0.39, 0.29) is 11.3 Å². The van der Waals surface area contributed by atoms with Crippen molar-refractivity contribution in [2.24, 2.45) is 5.73 Å². The van der Waals surface area contributed by atoms with Gasteiger partial charge in [-0.05, 0) is 18.1 Å². The number of aromatic nitrogens is 1. The number of para-hydroxylation sites is 1. The number of nitrogens with zero attached hydrogens (tertiary/aromatic N) is 1. The zero-order valence-corrected chi connectivity index (χ0v) is 12.0. The summed E-state index contributed by atoms with van der Waals surface area (Å²) in [6.45, 7) is 8.49. The highest BCUT2D eigenvalue weighted by molar-refractivity contribution is 6.07. The number of nitrogens with one attached hydrogen (secondary N) is 1. The second-order valence-corrected chi connectivity index (χ2v) is 5.89. The predicted octanol–water partition coefficient (Wildman–Crippen LogP) is 3.38. The summed E-state index contributed by atoms with van der Waals surface area (Å²) in [5.74, 6) is 0.103. The van der Waals surface area contributed by atoms with Gasteiger partial charge in [-0.2, -0.15) is 0 Å². The van der Waals surface area contributed by atoms with Crippen molar-refractivity contribution < 1.29 is 0 Å². The molecule has 0 aliphatic heterocycles. The Morgan fingerprint density at radius 2 is 2.00 bits per heavy atom. The van der Waals surface area contributed by atoms with E-state index in [1.54, 1.807) is 0 Å². The smallest absolute Gasteiger partial charge is 0.123 e. The fourth-order valence-electron chi connectivity index (χ4n) is 2.20. The molecule has 1 aromatic carbocycles. The average Bonchev–Trinajstić information content (AvgIpc) is 2.35. The van der Waals surface area contributed by atoms with Crippen molar-refractivity contribution in [1.29, 1.82) is 5.41 Å². The largest absolute Gasteiger partial charge is 0.384 e. The Balaban J connectivity index is 2.88. The first-order valence-corrected chi connectivity index (χ1v) is 6.62. The monoisotopic (exact) mass is 255 g/mol. The van der Waals surface area contributed by atoms with Gasteiger partial charge >= 0.3 is 0 Å². The highest BCUT2D eigenvalue weighted by atomic mass is 14.7. The first-order valence-electron chi connectivity index (χ1n) is 6.62. The van der Waals surface area contributed by atoms with Gasteiger partial charge in [0.05, 0.1) is 5.52 Å². The third-order valence-electron chi connectivity index (χ3n) is 3.36. The summed E-state index contributed by atoms with van der Waals surface area (Å²) in [6, 6.07) is 8.03. The second-order valence-electron chi connectivity index (χ2n) is 5.89. The lowest BCUT2D eigenvalue weighted by Gasteiger charge is -2.20. The molecular weight excluding hydrogens is 234 g/mol. The first-order chi connectivity index (χ1) is 8.84. The van der Waals surface area contributed by atoms with E-state index in [2.05, 4.69) is 33.8 Å². The Hall–Kier alpha value is -1.90. The van der Waals surface area contributed by atoms with Crippen molar-refractivity contribution in [2.45, 2.75) is 39.5 Å². The Bertz CT molecular complexity index is 636. The van der Waals surface area contributed by atoms with Gasteiger partial charge in [-0.1, -0.05) is 45.9 Å². The molecule has 3 N–H and O–H groups in total. The molecule has 0 bridgehead atoms. The molecule has 3 heteroatoms. The summed E-state index contributed by atoms with van der Waals surface area (Å²) >= 11 is 0. The number of nitrogen functional groups attached to an aromatic ring is 1. The minimum absolute atomic E-state index is 0.0563. The van der Waals surface area contributed by atoms with Crippen LogP contribution in [0, 0.1) is 5.41 Å². The highest BCUT2D eigenvalue weighted by Crippen LogP contribution is 2.27. The van der Waals surface area contributed by atoms with Crippen LogP contribution in [0.3, 0.4) is 0 Å². The van der Waals surface area contributed by atoms with E-state index in [4.69, 9.17) is 16.1 Å². The zero-order chi connectivity index (χ0) is 14.2. The lowest BCUT2D eigenvalue weighted by Crippen LogP contribution is -2.18. The van der Waals surface area contributed by atoms with Crippen molar-refractivity contribution in [1.82, 2.24) is 4.98 Å². The topological polar surface area (TPSA) is 62.8 Å². The normalized spacial score (nSPS) is 11.8. The number of hydrogen-bond acceptors (Lipinski definition) is 2. The average molecular weight is 255 g/mol. The van der Waals surface area contributed by atoms with Gasteiger partial charge in [0.2, 0.25) is 0 Å². The fourth-order valence-corrected chi connectivity index (χ4v) is 2.20. The number of pyridine rings is 1. The van der Waals surface area contributed by atoms with Crippen molar-refractivity contribution in [3.8, 4) is 0 Å². The molecule has 0 radical (unpaired) electrons. The van der Waals surface area contributed by atoms with Crippen molar-refractivity contribution in [3.63, 3.8) is 0 Å². The number of benzene rings is 1. The Morgan fingerprint density at radius 3 is 2.53 bits per heavy atom. The van der Waals surface area contributed by atoms with Crippen LogP contribution in [0.2, 0.25) is 0 Å². The molecule has 0 atom stereocenters. The molecule has 0 aliphatic carbocycles. The molecule has 3 nitrogen and oxygen atoms in total. The van der Waals surface area contributed by atoms with Crippen LogP contribution in [0.25, 0.3) is 10.9 Å². The van der Waals surface area contributed by atoms with Gasteiger partial charge in [0.15, 0.2) is 0 Å². The molecule has 1 heterocycles. The Labute approximate surface area is 114 Å². The molecule has 0 fully saturated rings. The van der Waals surface area contributed by atoms with Crippen LogP contribution in [-0.4, -0.2) is 10.8 Å². The summed E-state index contributed by atoms with van der Waals surface area (Å²) in [4.78, 5) is 4.81. The van der Waals surface area contributed by atoms with Gasteiger partial charge in [0.1, 0.15) is 5.84 Å². The molecule has 0 amide bonds. The lowest BCUT2D eigenvalue weighted by atomic mass is 9.89. The van der Waals surface area contributed by atoms with Crippen molar-refractivity contribution in [3.05, 3.63) is 41.1 Å². The summed E-state index contributed by atoms with van der Waals surface area (Å²) in [5.41, 5.74) is 9.62. The maximum atomic E-state index is 7.80. The van der Waals surface area contributed by atoms with Gasteiger partial charge in [-0.25, -0.2) is 0 Å². The van der Waals surface area contributed by atoms with E-state index in [0.717, 1.165) is 28.6 Å². The quantitative estimate of drug-likeness (QED) is 0.638. The minimum Gasteiger partial charge on any atom is -0.384 e. The third kappa shape index (κ3) is 2.46. The number of rotatable bonds is 2. The van der Waals surface area contributed by atoms with Crippen LogP contribution in [0.4, 0.5) is 0 Å². The molecule has 100 valence electrons. The molecule has 19 heavy (non-hydrogen) atoms. The standard InChI is InChI=1S/C16H21N3/c1-5-10-7-6-8-11-12(15(17)18)9-13(16(2,3)4)19-14(10)11/h6-9H,5H2,1-4H3,(H3,17,18). The summed E-state index contributed by atoms with van der Waals surface area (Å²) in [7, 11) is 0. The van der Waals surface area contributed by atoms with E-state index in [1.165, 1.54) is 5.56 Å². The van der Waals surface area contributed by atoms with Crippen LogP contribution < -0.4 is 5.73 Å². The van der Waals surface area contributed by atoms with Gasteiger partial charge < -0.3 is 5.73 Å². The Morgan fingerprint density at radius 1 is 1.32 bits per heavy atom. The van der Waals surface area contributed by atoms with Crippen LogP contribution in [0.5, 0.6) is 0 Å². The lowest BCUT2D eigenvalue weighted by molar-refractivity contribution is 0.571. The number of aryl methyl sites for hydroxylation is 1. The van der Waals surface area contributed by atoms with Crippen molar-refractivity contribution in [2.75, 3.05) is 0 Å². The number of fused-ring (bicyclic) bond motifs is 1. The van der Waals surface area contributed by atoms with Crippen LogP contribution >= 0.6 is 0 Å². The van der Waals surface area contributed by atoms with Crippen molar-refractivity contribution >= 4 is 16.7 Å². The van der Waals surface area contributed by atoms with E-state index >= 15 is 0 Å². The predicted molar refractivity (Wildman–Crippen MR) is 80.8 cm³/mol. The van der Waals surface area contributed by atoms with Gasteiger partial charge in [-0.15, -0.1) is 0 Å². The molecule has 0 aliphatic rings. The van der Waals surface area contributed by atoms with E-state index in [9.17, 15) is 0 Å². The number of amidine groups is 1. The first kappa shape index (κ1) is 13.5. The van der Waals surface area contributed by atoms with E-state index in [1.807, 2.05) is 18.2 Å². The summed E-state index contributed by atoms with van der Waals surface area (Å²) in [6.07, 6.45) is 0.926. The molecule has 0 saturated heterocycles. The third-order valence-corrected chi connectivity index (χ3v) is 3.36.